The summed E-state index contributed by atoms with van der Waals surface area (Å²) in [5.41, 5.74) is 16.9. The number of hydrogen-bond donors (Lipinski definition) is 3. The van der Waals surface area contributed by atoms with Crippen molar-refractivity contribution < 1.29 is 47.7 Å². The van der Waals surface area contributed by atoms with Crippen molar-refractivity contribution >= 4 is 30.5 Å². The third-order valence-corrected chi connectivity index (χ3v) is 12.5. The minimum absolute atomic E-state index is 0. The second-order valence-corrected chi connectivity index (χ2v) is 25.0. The highest BCUT2D eigenvalue weighted by Gasteiger charge is 2.33. The molecule has 0 radical (unpaired) electrons. The van der Waals surface area contributed by atoms with Crippen LogP contribution < -0.4 is 17.2 Å². The molecule has 0 spiro atoms. The summed E-state index contributed by atoms with van der Waals surface area (Å²) in [4.78, 5) is 67.2. The van der Waals surface area contributed by atoms with Gasteiger partial charge in [-0.25, -0.2) is 24.0 Å². The van der Waals surface area contributed by atoms with Crippen LogP contribution in [0.15, 0.2) is 30.3 Å². The van der Waals surface area contributed by atoms with Crippen LogP contribution in [0.25, 0.3) is 0 Å². The first-order valence-electron chi connectivity index (χ1n) is 27.3. The van der Waals surface area contributed by atoms with Crippen molar-refractivity contribution in [3.05, 3.63) is 35.9 Å². The number of nitrogens with two attached hydrogens (primary N) is 3. The summed E-state index contributed by atoms with van der Waals surface area (Å²) in [6, 6.07) is 10.4. The van der Waals surface area contributed by atoms with Gasteiger partial charge >= 0.3 is 30.5 Å². The van der Waals surface area contributed by atoms with Gasteiger partial charge in [0.25, 0.3) is 0 Å². The monoisotopic (exact) mass is 1060 g/mol. The Balaban J connectivity index is 0.000000468. The molecule has 75 heavy (non-hydrogen) atoms. The Labute approximate surface area is 453 Å². The second kappa shape index (κ2) is 31.6. The molecule has 5 amide bonds. The van der Waals surface area contributed by atoms with E-state index in [0.717, 1.165) is 89.7 Å². The Morgan fingerprint density at radius 1 is 0.507 bits per heavy atom. The lowest BCUT2D eigenvalue weighted by atomic mass is 9.95. The van der Waals surface area contributed by atoms with E-state index in [1.807, 2.05) is 125 Å². The molecule has 5 aliphatic rings. The van der Waals surface area contributed by atoms with Gasteiger partial charge in [0.2, 0.25) is 0 Å². The van der Waals surface area contributed by atoms with E-state index in [-0.39, 0.29) is 67.8 Å². The molecule has 7 atom stereocenters. The fourth-order valence-corrected chi connectivity index (χ4v) is 8.55. The number of carbonyl (C=O) groups excluding carboxylic acids is 5. The average Bonchev–Trinajstić information content (AvgIpc) is 3.71. The van der Waals surface area contributed by atoms with Gasteiger partial charge in [-0.3, -0.25) is 4.90 Å². The molecule has 0 aromatic heterocycles. The first-order valence-corrected chi connectivity index (χ1v) is 27.3. The molecule has 5 fully saturated rings. The molecule has 18 nitrogen and oxygen atoms in total. The molecule has 5 heterocycles. The second-order valence-electron chi connectivity index (χ2n) is 25.0. The number of nitrogens with zero attached hydrogens (tertiary/aromatic N) is 5. The van der Waals surface area contributed by atoms with Crippen molar-refractivity contribution in [1.29, 1.82) is 0 Å². The summed E-state index contributed by atoms with van der Waals surface area (Å²) in [6.07, 6.45) is 7.74. The van der Waals surface area contributed by atoms with E-state index < -0.39 is 16.8 Å². The summed E-state index contributed by atoms with van der Waals surface area (Å²) in [6.45, 7) is 37.5. The molecule has 18 heteroatoms. The largest absolute Gasteiger partial charge is 0.445 e. The topological polar surface area (TPSA) is 226 Å². The molecule has 434 valence electrons. The van der Waals surface area contributed by atoms with Crippen LogP contribution in [-0.4, -0.2) is 154 Å². The van der Waals surface area contributed by atoms with Gasteiger partial charge in [0.05, 0.1) is 6.17 Å². The smallest absolute Gasteiger partial charge is 0.411 e. The van der Waals surface area contributed by atoms with E-state index in [1.54, 1.807) is 19.6 Å². The molecule has 0 bridgehead atoms. The van der Waals surface area contributed by atoms with Crippen molar-refractivity contribution in [2.45, 2.75) is 229 Å². The molecule has 1 aromatic carbocycles. The Morgan fingerprint density at radius 3 is 1.44 bits per heavy atom. The molecule has 0 aliphatic carbocycles. The Morgan fingerprint density at radius 2 is 0.973 bits per heavy atom. The van der Waals surface area contributed by atoms with E-state index >= 15 is 0 Å². The molecule has 6 rings (SSSR count). The average molecular weight is 1060 g/mol. The van der Waals surface area contributed by atoms with Crippen LogP contribution in [0.2, 0.25) is 0 Å². The zero-order valence-corrected chi connectivity index (χ0v) is 48.7. The van der Waals surface area contributed by atoms with Crippen LogP contribution in [0.4, 0.5) is 24.0 Å². The summed E-state index contributed by atoms with van der Waals surface area (Å²) in [5, 5.41) is 0. The lowest BCUT2D eigenvalue weighted by Crippen LogP contribution is -2.50. The fraction of sp³-hybridized carbons (Fsp3) is 0.807. The molecular weight excluding hydrogens is 957 g/mol. The van der Waals surface area contributed by atoms with E-state index in [1.165, 1.54) is 6.42 Å². The lowest BCUT2D eigenvalue weighted by molar-refractivity contribution is 0.00954. The van der Waals surface area contributed by atoms with Crippen molar-refractivity contribution in [3.63, 3.8) is 0 Å². The highest BCUT2D eigenvalue weighted by atomic mass is 16.6. The summed E-state index contributed by atoms with van der Waals surface area (Å²) < 4.78 is 26.5. The van der Waals surface area contributed by atoms with Crippen LogP contribution in [0.3, 0.4) is 0 Å². The van der Waals surface area contributed by atoms with Gasteiger partial charge in [-0.2, -0.15) is 0 Å². The van der Waals surface area contributed by atoms with Crippen molar-refractivity contribution in [2.24, 2.45) is 35.0 Å². The van der Waals surface area contributed by atoms with E-state index in [2.05, 4.69) is 20.8 Å². The normalized spacial score (nSPS) is 24.0. The quantitative estimate of drug-likeness (QED) is 0.235. The molecule has 5 saturated heterocycles. The maximum absolute atomic E-state index is 11.8. The number of likely N-dealkylation sites (tertiary alicyclic amines) is 5. The number of ether oxygens (including phenoxy) is 5. The highest BCUT2D eigenvalue weighted by molar-refractivity contribution is 5.70. The minimum atomic E-state index is -0.436. The van der Waals surface area contributed by atoms with Crippen LogP contribution >= 0.6 is 0 Å². The van der Waals surface area contributed by atoms with Crippen LogP contribution in [-0.2, 0) is 30.3 Å². The van der Waals surface area contributed by atoms with Crippen molar-refractivity contribution in [3.8, 4) is 0 Å². The Bertz CT molecular complexity index is 1850. The van der Waals surface area contributed by atoms with Gasteiger partial charge in [-0.1, -0.05) is 58.5 Å². The molecule has 1 aromatic rings. The van der Waals surface area contributed by atoms with Gasteiger partial charge in [0.1, 0.15) is 29.0 Å². The van der Waals surface area contributed by atoms with Gasteiger partial charge in [-0.15, -0.1) is 0 Å². The predicted molar refractivity (Wildman–Crippen MR) is 299 cm³/mol. The zero-order chi connectivity index (χ0) is 56.2. The summed E-state index contributed by atoms with van der Waals surface area (Å²) >= 11 is 0. The standard InChI is InChI=1S/C13H17NO2.2C11H22N2O2.C11H21NO2.C10H20N2O2.CH4/c1-11-7-8-14(9-11)13(15)16-10-12-5-3-2-4-6-12;1-8-7-13(6-5-9(8)12)10(14)15-11(2,3)4;1-8-7-9(12)5-6-13(8)10(14)15-11(2,3)4;1-9-6-5-7-12(8-9)10(13)14-11(2,3)4;1-10(2,3)14-9(13)12-7-5-4-6-8(12)11;/h2-6,11H,7-10H2,1H3;2*8-9H,5-7,12H2,1-4H3;9H,5-8H2,1-4H3;8H,4-7,11H2,1-3H3;1H4/t11-;8-,9+;8-,9-;9-;8-;/m10110./s1. The van der Waals surface area contributed by atoms with Gasteiger partial charge in [0.15, 0.2) is 0 Å². The first kappa shape index (κ1) is 68.5. The Kier molecular flexibility index (Phi) is 28.9. The maximum Gasteiger partial charge on any atom is 0.411 e. The third kappa shape index (κ3) is 29.0. The molecule has 5 aliphatic heterocycles. The predicted octanol–water partition coefficient (Wildman–Crippen LogP) is 11.0. The number of carbonyl (C=O) groups is 5. The lowest BCUT2D eigenvalue weighted by Gasteiger charge is -2.37. The van der Waals surface area contributed by atoms with Crippen molar-refractivity contribution in [2.75, 3.05) is 52.4 Å². The van der Waals surface area contributed by atoms with E-state index in [0.29, 0.717) is 44.0 Å². The highest BCUT2D eigenvalue weighted by Crippen LogP contribution is 2.23. The number of hydrogen-bond acceptors (Lipinski definition) is 13. The number of amides is 5. The van der Waals surface area contributed by atoms with Gasteiger partial charge in [-0.05, 0) is 171 Å². The van der Waals surface area contributed by atoms with Gasteiger partial charge < -0.3 is 60.5 Å². The molecule has 0 saturated carbocycles. The SMILES string of the molecule is C.CC(C)(C)OC(=O)N1CCCC[C@H]1N.C[C@@H]1CCCN(C(=O)OC(C)(C)C)C1.C[C@@H]1CCN(C(=O)OCc2ccccc2)C1.C[C@@H]1C[C@H](N)CCN1C(=O)OC(C)(C)C.C[C@H]1CN(C(=O)OC(C)(C)C)CC[C@H]1N. The number of piperidine rings is 4. The number of benzene rings is 1. The third-order valence-electron chi connectivity index (χ3n) is 12.5. The van der Waals surface area contributed by atoms with E-state index in [4.69, 9.17) is 40.9 Å². The van der Waals surface area contributed by atoms with Gasteiger partial charge in [0, 0.05) is 70.5 Å². The summed E-state index contributed by atoms with van der Waals surface area (Å²) in [7, 11) is 0. The van der Waals surface area contributed by atoms with Crippen LogP contribution in [0.1, 0.15) is 182 Å². The van der Waals surface area contributed by atoms with E-state index in [9.17, 15) is 24.0 Å². The maximum atomic E-state index is 11.8. The molecular formula is C57H106N8O10. The van der Waals surface area contributed by atoms with Crippen LogP contribution in [0.5, 0.6) is 0 Å². The zero-order valence-electron chi connectivity index (χ0n) is 48.7. The minimum Gasteiger partial charge on any atom is -0.445 e. The summed E-state index contributed by atoms with van der Waals surface area (Å²) in [5.74, 6) is 1.56. The first-order chi connectivity index (χ1) is 34.1. The molecule has 0 unspecified atom stereocenters. The fourth-order valence-electron chi connectivity index (χ4n) is 8.55. The van der Waals surface area contributed by atoms with Crippen LogP contribution in [0, 0.1) is 17.8 Å². The number of rotatable bonds is 2. The Hall–Kier alpha value is -4.55. The molecule has 6 N–H and O–H groups in total. The van der Waals surface area contributed by atoms with Crippen molar-refractivity contribution in [1.82, 2.24) is 24.5 Å².